The van der Waals surface area contributed by atoms with E-state index in [2.05, 4.69) is 19.9 Å². The van der Waals surface area contributed by atoms with E-state index in [1.165, 1.54) is 38.5 Å². The van der Waals surface area contributed by atoms with Gasteiger partial charge in [0.1, 0.15) is 0 Å². The zero-order valence-corrected chi connectivity index (χ0v) is 8.40. The van der Waals surface area contributed by atoms with E-state index in [1.807, 2.05) is 0 Å². The molecule has 0 spiro atoms. The Bertz CT molecular complexity index is 202. The summed E-state index contributed by atoms with van der Waals surface area (Å²) in [7, 11) is 0. The summed E-state index contributed by atoms with van der Waals surface area (Å²) in [6.45, 7) is 4.93. The molecule has 0 aliphatic heterocycles. The van der Waals surface area contributed by atoms with Crippen molar-refractivity contribution in [2.75, 3.05) is 0 Å². The van der Waals surface area contributed by atoms with Crippen molar-refractivity contribution in [1.82, 2.24) is 0 Å². The number of fused-ring (bicyclic) bond motifs is 1. The average Bonchev–Trinajstić information content (AvgIpc) is 2.07. The van der Waals surface area contributed by atoms with E-state index in [4.69, 9.17) is 0 Å². The van der Waals surface area contributed by atoms with Gasteiger partial charge in [-0.1, -0.05) is 25.5 Å². The maximum Gasteiger partial charge on any atom is -0.00907 e. The lowest BCUT2D eigenvalue weighted by Crippen LogP contribution is -2.33. The second kappa shape index (κ2) is 2.90. The first-order valence-corrected chi connectivity index (χ1v) is 5.43. The summed E-state index contributed by atoms with van der Waals surface area (Å²) in [4.78, 5) is 0. The molecular weight excluding hydrogens is 144 g/mol. The van der Waals surface area contributed by atoms with Crippen LogP contribution in [0, 0.1) is 11.3 Å². The van der Waals surface area contributed by atoms with Crippen molar-refractivity contribution in [3.05, 3.63) is 11.6 Å². The SMILES string of the molecule is C[C@H]1CCCC2=CCCC[C@@]21C. The van der Waals surface area contributed by atoms with Gasteiger partial charge in [-0.2, -0.15) is 0 Å². The molecule has 2 rings (SSSR count). The van der Waals surface area contributed by atoms with Gasteiger partial charge in [0.25, 0.3) is 0 Å². The van der Waals surface area contributed by atoms with Crippen LogP contribution in [0.25, 0.3) is 0 Å². The molecule has 0 heterocycles. The number of allylic oxidation sites excluding steroid dienone is 2. The van der Waals surface area contributed by atoms with Gasteiger partial charge in [0, 0.05) is 0 Å². The lowest BCUT2D eigenvalue weighted by molar-refractivity contribution is 0.173. The van der Waals surface area contributed by atoms with Gasteiger partial charge in [-0.25, -0.2) is 0 Å². The lowest BCUT2D eigenvalue weighted by Gasteiger charge is -2.44. The van der Waals surface area contributed by atoms with Crippen LogP contribution in [0.5, 0.6) is 0 Å². The van der Waals surface area contributed by atoms with Crippen LogP contribution in [0.15, 0.2) is 11.6 Å². The van der Waals surface area contributed by atoms with Crippen molar-refractivity contribution in [1.29, 1.82) is 0 Å². The van der Waals surface area contributed by atoms with Crippen LogP contribution in [-0.2, 0) is 0 Å². The molecule has 0 saturated heterocycles. The molecule has 1 saturated carbocycles. The van der Waals surface area contributed by atoms with Crippen molar-refractivity contribution in [2.24, 2.45) is 11.3 Å². The van der Waals surface area contributed by atoms with E-state index < -0.39 is 0 Å². The standard InChI is InChI=1S/C12H20/c1-10-6-5-8-11-7-3-4-9-12(10,11)2/h7,10H,3-6,8-9H2,1-2H3/t10-,12+/m0/s1. The molecule has 0 bridgehead atoms. The second-order valence-corrected chi connectivity index (χ2v) is 4.83. The highest BCUT2D eigenvalue weighted by molar-refractivity contribution is 5.19. The normalized spacial score (nSPS) is 41.8. The first kappa shape index (κ1) is 8.34. The van der Waals surface area contributed by atoms with Crippen LogP contribution < -0.4 is 0 Å². The second-order valence-electron chi connectivity index (χ2n) is 4.83. The summed E-state index contributed by atoms with van der Waals surface area (Å²) < 4.78 is 0. The largest absolute Gasteiger partial charge is 0.0848 e. The van der Waals surface area contributed by atoms with Crippen molar-refractivity contribution in [2.45, 2.75) is 52.4 Å². The highest BCUT2D eigenvalue weighted by Crippen LogP contribution is 2.50. The van der Waals surface area contributed by atoms with Crippen LogP contribution in [0.4, 0.5) is 0 Å². The maximum absolute atomic E-state index is 2.53. The molecule has 2 aliphatic carbocycles. The van der Waals surface area contributed by atoms with E-state index in [0.29, 0.717) is 5.41 Å². The third-order valence-corrected chi connectivity index (χ3v) is 4.20. The Balaban J connectivity index is 2.28. The summed E-state index contributed by atoms with van der Waals surface area (Å²) in [6.07, 6.45) is 11.0. The molecule has 0 nitrogen and oxygen atoms in total. The Labute approximate surface area is 76.1 Å². The molecule has 2 atom stereocenters. The molecule has 0 amide bonds. The van der Waals surface area contributed by atoms with Crippen molar-refractivity contribution in [3.63, 3.8) is 0 Å². The zero-order valence-electron chi connectivity index (χ0n) is 8.40. The Morgan fingerprint density at radius 1 is 1.42 bits per heavy atom. The van der Waals surface area contributed by atoms with Gasteiger partial charge in [0.15, 0.2) is 0 Å². The van der Waals surface area contributed by atoms with Gasteiger partial charge in [-0.3, -0.25) is 0 Å². The molecular formula is C12H20. The van der Waals surface area contributed by atoms with E-state index in [-0.39, 0.29) is 0 Å². The molecule has 12 heavy (non-hydrogen) atoms. The van der Waals surface area contributed by atoms with Gasteiger partial charge in [-0.15, -0.1) is 0 Å². The van der Waals surface area contributed by atoms with E-state index in [1.54, 1.807) is 5.57 Å². The van der Waals surface area contributed by atoms with Crippen molar-refractivity contribution >= 4 is 0 Å². The molecule has 0 N–H and O–H groups in total. The zero-order chi connectivity index (χ0) is 8.60. The van der Waals surface area contributed by atoms with Crippen LogP contribution in [0.3, 0.4) is 0 Å². The van der Waals surface area contributed by atoms with Crippen molar-refractivity contribution < 1.29 is 0 Å². The summed E-state index contributed by atoms with van der Waals surface area (Å²) in [6, 6.07) is 0. The monoisotopic (exact) mass is 164 g/mol. The van der Waals surface area contributed by atoms with Crippen LogP contribution in [0.2, 0.25) is 0 Å². The average molecular weight is 164 g/mol. The Kier molecular flexibility index (Phi) is 2.02. The molecule has 1 fully saturated rings. The predicted octanol–water partition coefficient (Wildman–Crippen LogP) is 3.92. The summed E-state index contributed by atoms with van der Waals surface area (Å²) in [5, 5.41) is 0. The Hall–Kier alpha value is -0.260. The fourth-order valence-corrected chi connectivity index (χ4v) is 3.01. The molecule has 0 aromatic carbocycles. The van der Waals surface area contributed by atoms with Gasteiger partial charge < -0.3 is 0 Å². The third kappa shape index (κ3) is 1.12. The fourth-order valence-electron chi connectivity index (χ4n) is 3.01. The Morgan fingerprint density at radius 2 is 2.25 bits per heavy atom. The summed E-state index contributed by atoms with van der Waals surface area (Å²) in [5.41, 5.74) is 2.38. The van der Waals surface area contributed by atoms with Gasteiger partial charge in [0.2, 0.25) is 0 Å². The first-order chi connectivity index (χ1) is 5.73. The van der Waals surface area contributed by atoms with Gasteiger partial charge in [-0.05, 0) is 49.9 Å². The molecule has 0 aromatic rings. The smallest absolute Gasteiger partial charge is 0.00907 e. The van der Waals surface area contributed by atoms with E-state index >= 15 is 0 Å². The minimum Gasteiger partial charge on any atom is -0.0848 e. The topological polar surface area (TPSA) is 0 Å². The van der Waals surface area contributed by atoms with Crippen molar-refractivity contribution in [3.8, 4) is 0 Å². The van der Waals surface area contributed by atoms with E-state index in [9.17, 15) is 0 Å². The van der Waals surface area contributed by atoms with Crippen LogP contribution in [-0.4, -0.2) is 0 Å². The van der Waals surface area contributed by atoms with Gasteiger partial charge in [0.05, 0.1) is 0 Å². The van der Waals surface area contributed by atoms with Gasteiger partial charge >= 0.3 is 0 Å². The molecule has 0 radical (unpaired) electrons. The molecule has 0 aromatic heterocycles. The Morgan fingerprint density at radius 3 is 3.00 bits per heavy atom. The molecule has 0 heteroatoms. The summed E-state index contributed by atoms with van der Waals surface area (Å²) >= 11 is 0. The maximum atomic E-state index is 2.53. The lowest BCUT2D eigenvalue weighted by atomic mass is 9.61. The molecule has 2 aliphatic rings. The van der Waals surface area contributed by atoms with E-state index in [0.717, 1.165) is 5.92 Å². The number of rotatable bonds is 0. The number of hydrogen-bond acceptors (Lipinski definition) is 0. The third-order valence-electron chi connectivity index (χ3n) is 4.20. The first-order valence-electron chi connectivity index (χ1n) is 5.43. The predicted molar refractivity (Wildman–Crippen MR) is 53.1 cm³/mol. The van der Waals surface area contributed by atoms with Crippen LogP contribution in [0.1, 0.15) is 52.4 Å². The molecule has 68 valence electrons. The minimum atomic E-state index is 0.594. The minimum absolute atomic E-state index is 0.594. The van der Waals surface area contributed by atoms with Crippen LogP contribution >= 0.6 is 0 Å². The highest BCUT2D eigenvalue weighted by Gasteiger charge is 2.37. The summed E-state index contributed by atoms with van der Waals surface area (Å²) in [5.74, 6) is 0.929. The quantitative estimate of drug-likeness (QED) is 0.476. The highest BCUT2D eigenvalue weighted by atomic mass is 14.4. The fraction of sp³-hybridized carbons (Fsp3) is 0.833. The molecule has 0 unspecified atom stereocenters. The number of hydrogen-bond donors (Lipinski definition) is 0.